The van der Waals surface area contributed by atoms with E-state index in [0.717, 1.165) is 5.56 Å². The Bertz CT molecular complexity index is 352. The van der Waals surface area contributed by atoms with E-state index in [1.807, 2.05) is 30.3 Å². The molecule has 0 unspecified atom stereocenters. The second-order valence-corrected chi connectivity index (χ2v) is 3.25. The second-order valence-electron chi connectivity index (χ2n) is 3.25. The van der Waals surface area contributed by atoms with E-state index in [2.05, 4.69) is 67.5 Å². The molecule has 0 radical (unpaired) electrons. The van der Waals surface area contributed by atoms with E-state index in [-0.39, 0.29) is 0 Å². The van der Waals surface area contributed by atoms with Crippen molar-refractivity contribution < 1.29 is 50.6 Å². The topological polar surface area (TPSA) is 99.5 Å². The van der Waals surface area contributed by atoms with Gasteiger partial charge in [-0.3, -0.25) is 0 Å². The van der Waals surface area contributed by atoms with Crippen molar-refractivity contribution in [2.45, 2.75) is 32.1 Å². The molecule has 24 heavy (non-hydrogen) atoms. The van der Waals surface area contributed by atoms with Crippen molar-refractivity contribution in [3.05, 3.63) is 76.1 Å². The zero-order chi connectivity index (χ0) is 20.6. The van der Waals surface area contributed by atoms with Gasteiger partial charge in [0.2, 0.25) is 0 Å². The third kappa shape index (κ3) is 58.5. The minimum atomic E-state index is 1.07. The molecule has 0 heterocycles. The van der Waals surface area contributed by atoms with Gasteiger partial charge in [0.1, 0.15) is 0 Å². The van der Waals surface area contributed by atoms with Gasteiger partial charge in [0.05, 0.1) is 0 Å². The molecule has 0 aromatic heterocycles. The van der Waals surface area contributed by atoms with Gasteiger partial charge < -0.3 is 0 Å². The summed E-state index contributed by atoms with van der Waals surface area (Å²) < 4.78 is 37.5. The molecule has 1 aromatic rings. The summed E-state index contributed by atoms with van der Waals surface area (Å²) in [5.41, 5.74) is 1.07. The van der Waals surface area contributed by atoms with E-state index in [4.69, 9.17) is 23.3 Å². The van der Waals surface area contributed by atoms with Crippen molar-refractivity contribution in [1.29, 1.82) is 0 Å². The monoisotopic (exact) mass is 412 g/mol. The van der Waals surface area contributed by atoms with Crippen molar-refractivity contribution in [2.24, 2.45) is 0 Å². The van der Waals surface area contributed by atoms with Gasteiger partial charge in [-0.1, -0.05) is 38.2 Å². The summed E-state index contributed by atoms with van der Waals surface area (Å²) in [7, 11) is 0. The maximum absolute atomic E-state index is 7.50. The molecule has 0 amide bonds. The summed E-state index contributed by atoms with van der Waals surface area (Å²) in [6.45, 7) is 26.2. The third-order valence-electron chi connectivity index (χ3n) is 2.09. The van der Waals surface area contributed by atoms with Gasteiger partial charge >= 0.3 is 83.8 Å². The Kier molecular flexibility index (Phi) is 108. The summed E-state index contributed by atoms with van der Waals surface area (Å²) in [4.78, 5) is 0. The Morgan fingerprint density at radius 3 is 0.958 bits per heavy atom. The van der Waals surface area contributed by atoms with Crippen LogP contribution in [-0.2, 0) is 50.6 Å². The molecule has 0 saturated heterocycles. The first-order valence-corrected chi connectivity index (χ1v) is 8.06. The molecule has 1 aliphatic carbocycles. The van der Waals surface area contributed by atoms with Crippen LogP contribution in [0.15, 0.2) is 30.3 Å². The van der Waals surface area contributed by atoms with Crippen LogP contribution in [0.4, 0.5) is 0 Å². The van der Waals surface area contributed by atoms with Gasteiger partial charge in [-0.2, -0.15) is 24.6 Å². The molecule has 2 rings (SSSR count). The fourth-order valence-corrected chi connectivity index (χ4v) is 1.36. The Balaban J connectivity index is -0.0000000426. The fraction of sp³-hybridized carbons (Fsp3) is 0.294. The van der Waals surface area contributed by atoms with Crippen molar-refractivity contribution in [3.63, 3.8) is 0 Å². The predicted molar refractivity (Wildman–Crippen MR) is 73.6 cm³/mol. The standard InChI is InChI=1S/C7H7.C5H10.5CO.Fe.Mn/c1-7-5-3-2-4-6-7;1-2-4-5-3-1;5*1-2;;/h2-6H,1H2;1-5H2;;;;;;;/q-1;;;;;;;;. The van der Waals surface area contributed by atoms with Crippen molar-refractivity contribution in [2.75, 3.05) is 0 Å². The first kappa shape index (κ1) is 38.4. The average molecular weight is 412 g/mol. The van der Waals surface area contributed by atoms with E-state index >= 15 is 0 Å². The van der Waals surface area contributed by atoms with Gasteiger partial charge in [-0.25, -0.2) is 0 Å². The number of hydrogen-bond acceptors (Lipinski definition) is 0. The Labute approximate surface area is 158 Å². The molecule has 7 heteroatoms. The Morgan fingerprint density at radius 2 is 0.833 bits per heavy atom. The molecule has 1 aromatic carbocycles. The quantitative estimate of drug-likeness (QED) is 0.353. The van der Waals surface area contributed by atoms with E-state index in [1.54, 1.807) is 0 Å². The average Bonchev–Trinajstić information content (AvgIpc) is 3.32. The summed E-state index contributed by atoms with van der Waals surface area (Å²) in [6.07, 6.45) is 7.50. The van der Waals surface area contributed by atoms with Crippen LogP contribution in [-0.4, -0.2) is 0 Å². The molecule has 1 saturated carbocycles. The zero-order valence-electron chi connectivity index (χ0n) is 12.9. The summed E-state index contributed by atoms with van der Waals surface area (Å²) >= 11 is 5.75. The van der Waals surface area contributed by atoms with Crippen LogP contribution in [0.2, 0.25) is 0 Å². The molecule has 0 N–H and O–H groups in total. The predicted octanol–water partition coefficient (Wildman–Crippen LogP) is 3.63. The number of benzene rings is 1. The molecular weight excluding hydrogens is 395 g/mol. The van der Waals surface area contributed by atoms with Crippen molar-refractivity contribution >= 4 is 0 Å². The molecular formula is C17H17FeMnO5-. The summed E-state index contributed by atoms with van der Waals surface area (Å²) in [6, 6.07) is 9.87. The molecule has 1 aliphatic rings. The van der Waals surface area contributed by atoms with Crippen LogP contribution in [0.25, 0.3) is 0 Å². The number of hydrogen-bond donors (Lipinski definition) is 0. The van der Waals surface area contributed by atoms with Gasteiger partial charge in [0.15, 0.2) is 0 Å². The third-order valence-corrected chi connectivity index (χ3v) is 2.09. The SMILES string of the molecule is C1CCCC1.[C-]#[O+].[C-]#[O+].[C-]#[O+].[C-]#[O+].[C-]#[O+].[CH2-]c1ccccc1.[Mn]=[Fe]. The molecule has 0 atom stereocenters. The van der Waals surface area contributed by atoms with Crippen LogP contribution < -0.4 is 0 Å². The first-order valence-electron chi connectivity index (χ1n) is 5.92. The van der Waals surface area contributed by atoms with Gasteiger partial charge in [-0.15, -0.1) is 12.1 Å². The van der Waals surface area contributed by atoms with Crippen LogP contribution >= 0.6 is 0 Å². The van der Waals surface area contributed by atoms with Crippen LogP contribution in [0.3, 0.4) is 0 Å². The molecule has 0 bridgehead atoms. The Morgan fingerprint density at radius 1 is 0.625 bits per heavy atom. The van der Waals surface area contributed by atoms with E-state index in [1.165, 1.54) is 32.1 Å². The van der Waals surface area contributed by atoms with Crippen LogP contribution in [0, 0.1) is 40.2 Å². The van der Waals surface area contributed by atoms with Gasteiger partial charge in [0, 0.05) is 0 Å². The first-order chi connectivity index (χ1) is 11.9. The zero-order valence-corrected chi connectivity index (χ0v) is 15.2. The van der Waals surface area contributed by atoms with Crippen LogP contribution in [0.5, 0.6) is 0 Å². The molecule has 131 valence electrons. The van der Waals surface area contributed by atoms with E-state index in [9.17, 15) is 0 Å². The number of rotatable bonds is 0. The Hall–Kier alpha value is -1.17. The molecule has 5 nitrogen and oxygen atoms in total. The normalized spacial score (nSPS) is 8.12. The maximum atomic E-state index is 7.50. The molecule has 0 aliphatic heterocycles. The van der Waals surface area contributed by atoms with E-state index in [0.29, 0.717) is 0 Å². The van der Waals surface area contributed by atoms with Crippen molar-refractivity contribution in [1.82, 2.24) is 0 Å². The van der Waals surface area contributed by atoms with Gasteiger partial charge in [0.25, 0.3) is 0 Å². The fourth-order valence-electron chi connectivity index (χ4n) is 1.36. The second kappa shape index (κ2) is 67.7. The summed E-state index contributed by atoms with van der Waals surface area (Å²) in [5, 5.41) is 0. The summed E-state index contributed by atoms with van der Waals surface area (Å²) in [5.74, 6) is 0. The minimum absolute atomic E-state index is 1.07. The van der Waals surface area contributed by atoms with Crippen molar-refractivity contribution in [3.8, 4) is 0 Å². The molecule has 1 fully saturated rings. The van der Waals surface area contributed by atoms with Gasteiger partial charge in [-0.05, 0) is 0 Å². The van der Waals surface area contributed by atoms with E-state index < -0.39 is 0 Å². The molecule has 0 spiro atoms. The van der Waals surface area contributed by atoms with Crippen LogP contribution in [0.1, 0.15) is 37.7 Å².